The molecule has 2 N–H and O–H groups in total. The summed E-state index contributed by atoms with van der Waals surface area (Å²) in [5.74, 6) is 2.53. The zero-order chi connectivity index (χ0) is 20.2. The van der Waals surface area contributed by atoms with Gasteiger partial charge in [0.1, 0.15) is 0 Å². The van der Waals surface area contributed by atoms with Gasteiger partial charge < -0.3 is 20.3 Å². The van der Waals surface area contributed by atoms with Gasteiger partial charge in [-0.15, -0.1) is 0 Å². The predicted octanol–water partition coefficient (Wildman–Crippen LogP) is 2.41. The number of hydrogen-bond acceptors (Lipinski definition) is 4. The van der Waals surface area contributed by atoms with Crippen molar-refractivity contribution in [2.24, 2.45) is 16.8 Å². The third kappa shape index (κ3) is 8.66. The van der Waals surface area contributed by atoms with E-state index < -0.39 is 0 Å². The molecule has 2 aliphatic heterocycles. The highest BCUT2D eigenvalue weighted by Gasteiger charge is 2.22. The van der Waals surface area contributed by atoms with Gasteiger partial charge in [-0.05, 0) is 64.1 Å². The first-order valence-corrected chi connectivity index (χ1v) is 11.7. The fourth-order valence-electron chi connectivity index (χ4n) is 4.35. The van der Waals surface area contributed by atoms with E-state index >= 15 is 0 Å². The van der Waals surface area contributed by atoms with Crippen LogP contribution in [0.4, 0.5) is 0 Å². The Morgan fingerprint density at radius 2 is 1.79 bits per heavy atom. The first kappa shape index (κ1) is 23.4. The van der Waals surface area contributed by atoms with Gasteiger partial charge in [-0.25, -0.2) is 0 Å². The van der Waals surface area contributed by atoms with Crippen LogP contribution in [-0.2, 0) is 4.74 Å². The Bertz CT molecular complexity index is 429. The molecule has 6 nitrogen and oxygen atoms in total. The molecule has 1 unspecified atom stereocenters. The van der Waals surface area contributed by atoms with Crippen molar-refractivity contribution in [2.45, 2.75) is 59.4 Å². The molecule has 0 saturated carbocycles. The summed E-state index contributed by atoms with van der Waals surface area (Å²) in [6, 6.07) is 0.512. The van der Waals surface area contributed by atoms with Crippen molar-refractivity contribution in [1.29, 1.82) is 0 Å². The number of nitrogens with zero attached hydrogens (tertiary/aromatic N) is 3. The van der Waals surface area contributed by atoms with Gasteiger partial charge in [0.15, 0.2) is 5.96 Å². The van der Waals surface area contributed by atoms with Crippen LogP contribution in [0.3, 0.4) is 0 Å². The molecule has 0 radical (unpaired) electrons. The zero-order valence-electron chi connectivity index (χ0n) is 18.9. The van der Waals surface area contributed by atoms with Gasteiger partial charge in [0.05, 0.1) is 19.8 Å². The van der Waals surface area contributed by atoms with E-state index in [1.54, 1.807) is 0 Å². The molecule has 1 atom stereocenters. The summed E-state index contributed by atoms with van der Waals surface area (Å²) in [5, 5.41) is 7.02. The fraction of sp³-hybridized carbons (Fsp3) is 0.955. The molecule has 0 aromatic carbocycles. The second-order valence-electron chi connectivity index (χ2n) is 8.74. The van der Waals surface area contributed by atoms with Crippen LogP contribution in [0.1, 0.15) is 53.4 Å². The van der Waals surface area contributed by atoms with E-state index in [1.807, 2.05) is 0 Å². The minimum absolute atomic E-state index is 0.512. The van der Waals surface area contributed by atoms with E-state index in [1.165, 1.54) is 45.3 Å². The Kier molecular flexibility index (Phi) is 11.2. The van der Waals surface area contributed by atoms with E-state index in [2.05, 4.69) is 48.1 Å². The smallest absolute Gasteiger partial charge is 0.191 e. The molecular formula is C22H45N5O. The first-order valence-electron chi connectivity index (χ1n) is 11.7. The maximum Gasteiger partial charge on any atom is 0.191 e. The summed E-state index contributed by atoms with van der Waals surface area (Å²) in [7, 11) is 0. The molecule has 164 valence electrons. The van der Waals surface area contributed by atoms with E-state index in [-0.39, 0.29) is 0 Å². The molecule has 6 heteroatoms. The van der Waals surface area contributed by atoms with Crippen molar-refractivity contribution in [2.75, 3.05) is 65.6 Å². The van der Waals surface area contributed by atoms with Crippen LogP contribution in [0.5, 0.6) is 0 Å². The highest BCUT2D eigenvalue weighted by Crippen LogP contribution is 2.19. The van der Waals surface area contributed by atoms with Crippen LogP contribution in [0.2, 0.25) is 0 Å². The Labute approximate surface area is 173 Å². The lowest BCUT2D eigenvalue weighted by Gasteiger charge is -2.34. The van der Waals surface area contributed by atoms with Crippen molar-refractivity contribution in [3.8, 4) is 0 Å². The van der Waals surface area contributed by atoms with Crippen molar-refractivity contribution < 1.29 is 4.74 Å². The normalized spacial score (nSPS) is 21.8. The van der Waals surface area contributed by atoms with Gasteiger partial charge in [0, 0.05) is 32.2 Å². The maximum atomic E-state index is 5.54. The maximum absolute atomic E-state index is 5.54. The number of nitrogens with one attached hydrogen (secondary N) is 2. The van der Waals surface area contributed by atoms with Crippen molar-refractivity contribution in [3.63, 3.8) is 0 Å². The third-order valence-electron chi connectivity index (χ3n) is 6.11. The number of hydrogen-bond donors (Lipinski definition) is 2. The molecule has 0 bridgehead atoms. The lowest BCUT2D eigenvalue weighted by Crippen LogP contribution is -2.46. The van der Waals surface area contributed by atoms with E-state index in [9.17, 15) is 0 Å². The van der Waals surface area contributed by atoms with Gasteiger partial charge in [0.25, 0.3) is 0 Å². The van der Waals surface area contributed by atoms with Gasteiger partial charge in [-0.2, -0.15) is 0 Å². The Morgan fingerprint density at radius 3 is 2.39 bits per heavy atom. The Hall–Kier alpha value is -0.850. The third-order valence-corrected chi connectivity index (χ3v) is 6.11. The second-order valence-corrected chi connectivity index (χ2v) is 8.74. The number of guanidine groups is 1. The topological polar surface area (TPSA) is 52.1 Å². The summed E-state index contributed by atoms with van der Waals surface area (Å²) in [6.45, 7) is 19.3. The summed E-state index contributed by atoms with van der Waals surface area (Å²) < 4.78 is 5.54. The van der Waals surface area contributed by atoms with Crippen LogP contribution in [0.25, 0.3) is 0 Å². The zero-order valence-corrected chi connectivity index (χ0v) is 18.9. The highest BCUT2D eigenvalue weighted by molar-refractivity contribution is 5.79. The fourth-order valence-corrected chi connectivity index (χ4v) is 4.35. The summed E-state index contributed by atoms with van der Waals surface area (Å²) in [6.07, 6.45) is 5.13. The minimum atomic E-state index is 0.512. The van der Waals surface area contributed by atoms with Crippen LogP contribution < -0.4 is 10.6 Å². The monoisotopic (exact) mass is 395 g/mol. The summed E-state index contributed by atoms with van der Waals surface area (Å²) >= 11 is 0. The van der Waals surface area contributed by atoms with E-state index in [0.29, 0.717) is 12.0 Å². The molecule has 2 heterocycles. The van der Waals surface area contributed by atoms with Crippen LogP contribution in [0, 0.1) is 11.8 Å². The summed E-state index contributed by atoms with van der Waals surface area (Å²) in [5.41, 5.74) is 0. The molecule has 0 amide bonds. The largest absolute Gasteiger partial charge is 0.379 e. The second kappa shape index (κ2) is 13.4. The molecule has 2 aliphatic rings. The number of aliphatic imine (C=N–C) groups is 1. The van der Waals surface area contributed by atoms with Crippen LogP contribution in [-0.4, -0.2) is 87.4 Å². The lowest BCUT2D eigenvalue weighted by molar-refractivity contribution is 0.0143. The minimum Gasteiger partial charge on any atom is -0.379 e. The lowest BCUT2D eigenvalue weighted by atomic mass is 9.93. The van der Waals surface area contributed by atoms with Crippen molar-refractivity contribution in [3.05, 3.63) is 0 Å². The Balaban J connectivity index is 1.80. The van der Waals surface area contributed by atoms with Gasteiger partial charge >= 0.3 is 0 Å². The molecular weight excluding hydrogens is 350 g/mol. The van der Waals surface area contributed by atoms with E-state index in [4.69, 9.17) is 9.73 Å². The first-order chi connectivity index (χ1) is 13.6. The molecule has 28 heavy (non-hydrogen) atoms. The van der Waals surface area contributed by atoms with Crippen molar-refractivity contribution >= 4 is 5.96 Å². The van der Waals surface area contributed by atoms with Gasteiger partial charge in [-0.3, -0.25) is 9.89 Å². The molecule has 0 aliphatic carbocycles. The molecule has 0 aromatic rings. The number of ether oxygens (including phenoxy) is 1. The molecule has 2 fully saturated rings. The SMILES string of the molecule is CCNC(=NCC(CC(C)C)N1CCOCC1)NCCC1CCN(CC)CC1. The number of morpholine rings is 1. The quantitative estimate of drug-likeness (QED) is 0.439. The average Bonchev–Trinajstić information content (AvgIpc) is 2.71. The molecule has 0 aromatic heterocycles. The van der Waals surface area contributed by atoms with E-state index in [0.717, 1.165) is 57.8 Å². The molecule has 0 spiro atoms. The molecule has 2 rings (SSSR count). The number of likely N-dealkylation sites (tertiary alicyclic amines) is 1. The number of piperidine rings is 1. The highest BCUT2D eigenvalue weighted by atomic mass is 16.5. The summed E-state index contributed by atoms with van der Waals surface area (Å²) in [4.78, 5) is 10.1. The van der Waals surface area contributed by atoms with Crippen molar-refractivity contribution in [1.82, 2.24) is 20.4 Å². The van der Waals surface area contributed by atoms with Gasteiger partial charge in [-0.1, -0.05) is 20.8 Å². The Morgan fingerprint density at radius 1 is 1.07 bits per heavy atom. The number of rotatable bonds is 10. The van der Waals surface area contributed by atoms with Crippen LogP contribution in [0.15, 0.2) is 4.99 Å². The average molecular weight is 396 g/mol. The van der Waals surface area contributed by atoms with Gasteiger partial charge in [0.2, 0.25) is 0 Å². The van der Waals surface area contributed by atoms with Crippen LogP contribution >= 0.6 is 0 Å². The molecule has 2 saturated heterocycles. The standard InChI is InChI=1S/C22H45N5O/c1-5-23-22(24-10-7-20-8-11-26(6-2)12-9-20)25-18-21(17-19(3)4)27-13-15-28-16-14-27/h19-21H,5-18H2,1-4H3,(H2,23,24,25). The predicted molar refractivity (Wildman–Crippen MR) is 119 cm³/mol.